The molecule has 0 aromatic heterocycles. The van der Waals surface area contributed by atoms with Gasteiger partial charge in [0.25, 0.3) is 0 Å². The van der Waals surface area contributed by atoms with Crippen molar-refractivity contribution in [1.82, 2.24) is 5.43 Å². The molecule has 10 heteroatoms. The number of rotatable bonds is 8. The molecule has 0 saturated carbocycles. The van der Waals surface area contributed by atoms with Gasteiger partial charge >= 0.3 is 0 Å². The summed E-state index contributed by atoms with van der Waals surface area (Å²) in [6.45, 7) is 0.455. The molecule has 0 radical (unpaired) electrons. The second kappa shape index (κ2) is 10.8. The summed E-state index contributed by atoms with van der Waals surface area (Å²) >= 11 is 12.3. The van der Waals surface area contributed by atoms with Crippen molar-refractivity contribution in [2.45, 2.75) is 13.0 Å². The summed E-state index contributed by atoms with van der Waals surface area (Å²) in [7, 11) is 1.48. The number of methoxy groups -OCH3 is 1. The van der Waals surface area contributed by atoms with Crippen LogP contribution in [0.25, 0.3) is 0 Å². The quantitative estimate of drug-likeness (QED) is 0.400. The summed E-state index contributed by atoms with van der Waals surface area (Å²) in [6, 6.07) is 16.0. The summed E-state index contributed by atoms with van der Waals surface area (Å²) in [5.74, 6) is -0.794. The number of benzene rings is 3. The molecular weight excluding hydrogens is 496 g/mol. The number of halogens is 3. The van der Waals surface area contributed by atoms with E-state index in [4.69, 9.17) is 32.7 Å². The van der Waals surface area contributed by atoms with Gasteiger partial charge in [-0.25, -0.2) is 4.39 Å². The second-order valence-corrected chi connectivity index (χ2v) is 8.74. The molecule has 0 unspecified atom stereocenters. The molecule has 35 heavy (non-hydrogen) atoms. The fourth-order valence-electron chi connectivity index (χ4n) is 3.66. The molecule has 1 aliphatic heterocycles. The zero-order valence-corrected chi connectivity index (χ0v) is 20.2. The van der Waals surface area contributed by atoms with Crippen molar-refractivity contribution >= 4 is 46.4 Å². The van der Waals surface area contributed by atoms with Gasteiger partial charge in [-0.05, 0) is 48.0 Å². The van der Waals surface area contributed by atoms with E-state index in [9.17, 15) is 14.0 Å². The summed E-state index contributed by atoms with van der Waals surface area (Å²) in [5.41, 5.74) is 7.34. The predicted molar refractivity (Wildman–Crippen MR) is 132 cm³/mol. The van der Waals surface area contributed by atoms with Crippen LogP contribution in [-0.2, 0) is 16.2 Å². The highest BCUT2D eigenvalue weighted by molar-refractivity contribution is 6.32. The summed E-state index contributed by atoms with van der Waals surface area (Å²) in [6.07, 6.45) is 0.0481. The zero-order valence-electron chi connectivity index (χ0n) is 18.7. The number of carbonyl (C=O) groups excluding carboxylic acids is 2. The van der Waals surface area contributed by atoms with Crippen LogP contribution in [0, 0.1) is 11.7 Å². The normalized spacial score (nSPS) is 15.1. The topological polar surface area (TPSA) is 79.9 Å². The Kier molecular flexibility index (Phi) is 7.63. The van der Waals surface area contributed by atoms with E-state index in [0.717, 1.165) is 5.56 Å². The first kappa shape index (κ1) is 24.6. The molecule has 7 nitrogen and oxygen atoms in total. The molecule has 1 saturated heterocycles. The van der Waals surface area contributed by atoms with E-state index in [1.165, 1.54) is 36.3 Å². The Labute approximate surface area is 211 Å². The van der Waals surface area contributed by atoms with Crippen molar-refractivity contribution in [3.63, 3.8) is 0 Å². The first-order chi connectivity index (χ1) is 16.8. The van der Waals surface area contributed by atoms with Crippen LogP contribution in [-0.4, -0.2) is 25.5 Å². The van der Waals surface area contributed by atoms with Gasteiger partial charge in [-0.1, -0.05) is 35.3 Å². The van der Waals surface area contributed by atoms with E-state index >= 15 is 0 Å². The van der Waals surface area contributed by atoms with E-state index in [2.05, 4.69) is 10.9 Å². The van der Waals surface area contributed by atoms with Crippen LogP contribution in [0.5, 0.6) is 11.5 Å². The summed E-state index contributed by atoms with van der Waals surface area (Å²) < 4.78 is 24.4. The van der Waals surface area contributed by atoms with Gasteiger partial charge in [-0.15, -0.1) is 0 Å². The molecule has 3 aromatic rings. The highest BCUT2D eigenvalue weighted by atomic mass is 35.5. The molecule has 1 aliphatic rings. The first-order valence-electron chi connectivity index (χ1n) is 10.7. The minimum atomic E-state index is -0.570. The van der Waals surface area contributed by atoms with Gasteiger partial charge in [0.2, 0.25) is 11.8 Å². The van der Waals surface area contributed by atoms with Gasteiger partial charge in [-0.3, -0.25) is 20.4 Å². The smallest absolute Gasteiger partial charge is 0.243 e. The lowest BCUT2D eigenvalue weighted by molar-refractivity contribution is -0.125. The Morgan fingerprint density at radius 2 is 1.83 bits per heavy atom. The Hall–Kier alpha value is -3.49. The molecule has 2 amide bonds. The van der Waals surface area contributed by atoms with E-state index in [1.54, 1.807) is 24.3 Å². The Bertz CT molecular complexity index is 1220. The highest BCUT2D eigenvalue weighted by Gasteiger charge is 2.35. The number of nitrogens with one attached hydrogen (secondary N) is 2. The molecule has 1 atom stereocenters. The Balaban J connectivity index is 1.37. The molecular formula is C25H22Cl2FN3O4. The number of hydrazine groups is 1. The van der Waals surface area contributed by atoms with Crippen LogP contribution in [0.4, 0.5) is 15.8 Å². The average Bonchev–Trinajstić information content (AvgIpc) is 3.24. The van der Waals surface area contributed by atoms with E-state index in [1.807, 2.05) is 12.1 Å². The van der Waals surface area contributed by atoms with E-state index in [-0.39, 0.29) is 36.4 Å². The van der Waals surface area contributed by atoms with Crippen LogP contribution in [0.15, 0.2) is 60.7 Å². The first-order valence-corrected chi connectivity index (χ1v) is 11.5. The van der Waals surface area contributed by atoms with Gasteiger partial charge in [0.05, 0.1) is 23.7 Å². The molecule has 3 aromatic carbocycles. The van der Waals surface area contributed by atoms with Gasteiger partial charge in [0, 0.05) is 29.7 Å². The lowest BCUT2D eigenvalue weighted by atomic mass is 10.1. The number of hydrogen-bond acceptors (Lipinski definition) is 5. The molecule has 182 valence electrons. The van der Waals surface area contributed by atoms with Crippen molar-refractivity contribution in [2.75, 3.05) is 24.0 Å². The van der Waals surface area contributed by atoms with Crippen LogP contribution in [0.1, 0.15) is 12.0 Å². The van der Waals surface area contributed by atoms with E-state index < -0.39 is 11.7 Å². The fourth-order valence-corrected chi connectivity index (χ4v) is 4.05. The third-order valence-electron chi connectivity index (χ3n) is 5.49. The monoisotopic (exact) mass is 517 g/mol. The lowest BCUT2D eigenvalue weighted by Gasteiger charge is -2.18. The van der Waals surface area contributed by atoms with E-state index in [0.29, 0.717) is 27.9 Å². The van der Waals surface area contributed by atoms with Gasteiger partial charge in [0.15, 0.2) is 11.5 Å². The molecule has 4 rings (SSSR count). The maximum atomic E-state index is 13.2. The number of ether oxygens (including phenoxy) is 2. The van der Waals surface area contributed by atoms with Crippen molar-refractivity contribution < 1.29 is 23.5 Å². The van der Waals surface area contributed by atoms with Crippen LogP contribution in [0.2, 0.25) is 10.0 Å². The maximum absolute atomic E-state index is 13.2. The molecule has 0 spiro atoms. The number of anilines is 2. The predicted octanol–water partition coefficient (Wildman–Crippen LogP) is 5.22. The van der Waals surface area contributed by atoms with Crippen LogP contribution < -0.4 is 25.2 Å². The largest absolute Gasteiger partial charge is 0.493 e. The third kappa shape index (κ3) is 5.96. The molecule has 1 heterocycles. The second-order valence-electron chi connectivity index (χ2n) is 7.90. The third-order valence-corrected chi connectivity index (χ3v) is 6.02. The van der Waals surface area contributed by atoms with Gasteiger partial charge < -0.3 is 14.4 Å². The number of amides is 2. The number of hydrogen-bond donors (Lipinski definition) is 2. The standard InChI is InChI=1S/C25H22Cl2FN3O4/c1-34-22-12-19(11-21(27)24(22)35-14-15-2-4-17(26)5-3-15)29-30-25(33)16-10-23(32)31(13-16)20-8-6-18(28)7-9-20/h2-9,11-12,16,29H,10,13-14H2,1H3,(H,30,33)/t16-/m1/s1. The van der Waals surface area contributed by atoms with Crippen molar-refractivity contribution in [3.8, 4) is 11.5 Å². The van der Waals surface area contributed by atoms with Crippen molar-refractivity contribution in [1.29, 1.82) is 0 Å². The minimum absolute atomic E-state index is 0.0481. The average molecular weight is 518 g/mol. The van der Waals surface area contributed by atoms with Gasteiger partial charge in [-0.2, -0.15) is 0 Å². The van der Waals surface area contributed by atoms with Crippen LogP contribution >= 0.6 is 23.2 Å². The Morgan fingerprint density at radius 1 is 1.11 bits per heavy atom. The molecule has 2 N–H and O–H groups in total. The molecule has 0 aliphatic carbocycles. The van der Waals surface area contributed by atoms with Gasteiger partial charge in [0.1, 0.15) is 12.4 Å². The zero-order chi connectivity index (χ0) is 24.9. The fraction of sp³-hybridized carbons (Fsp3) is 0.200. The molecule has 0 bridgehead atoms. The highest BCUT2D eigenvalue weighted by Crippen LogP contribution is 2.38. The summed E-state index contributed by atoms with van der Waals surface area (Å²) in [4.78, 5) is 26.5. The molecule has 1 fully saturated rings. The summed E-state index contributed by atoms with van der Waals surface area (Å²) in [5, 5.41) is 0.917. The minimum Gasteiger partial charge on any atom is -0.493 e. The number of carbonyl (C=O) groups is 2. The van der Waals surface area contributed by atoms with Crippen LogP contribution in [0.3, 0.4) is 0 Å². The maximum Gasteiger partial charge on any atom is 0.243 e. The number of nitrogens with zero attached hydrogens (tertiary/aromatic N) is 1. The Morgan fingerprint density at radius 3 is 2.51 bits per heavy atom. The van der Waals surface area contributed by atoms with Crippen molar-refractivity contribution in [2.24, 2.45) is 5.92 Å². The van der Waals surface area contributed by atoms with Crippen molar-refractivity contribution in [3.05, 3.63) is 82.1 Å². The lowest BCUT2D eigenvalue weighted by Crippen LogP contribution is -2.36. The SMILES string of the molecule is COc1cc(NNC(=O)[C@@H]2CC(=O)N(c3ccc(F)cc3)C2)cc(Cl)c1OCc1ccc(Cl)cc1.